The molecule has 0 N–H and O–H groups in total. The molecule has 174 valence electrons. The molecule has 1 aliphatic carbocycles. The van der Waals surface area contributed by atoms with E-state index in [0.29, 0.717) is 34.7 Å². The molecule has 6 heteroatoms. The van der Waals surface area contributed by atoms with Gasteiger partial charge in [0.2, 0.25) is 0 Å². The quantitative estimate of drug-likeness (QED) is 0.331. The van der Waals surface area contributed by atoms with Crippen LogP contribution in [0.4, 0.5) is 4.79 Å². The molecule has 2 aliphatic rings. The van der Waals surface area contributed by atoms with Crippen LogP contribution < -0.4 is 4.74 Å². The Morgan fingerprint density at radius 3 is 2.56 bits per heavy atom. The number of imide groups is 1. The van der Waals surface area contributed by atoms with Gasteiger partial charge in [-0.2, -0.15) is 0 Å². The summed E-state index contributed by atoms with van der Waals surface area (Å²) in [4.78, 5) is 27.8. The lowest BCUT2D eigenvalue weighted by Gasteiger charge is -2.25. The van der Waals surface area contributed by atoms with E-state index in [0.717, 1.165) is 46.5 Å². The number of carbonyl (C=O) groups excluding carboxylic acids is 2. The van der Waals surface area contributed by atoms with E-state index < -0.39 is 0 Å². The Labute approximate surface area is 208 Å². The van der Waals surface area contributed by atoms with Gasteiger partial charge in [-0.25, -0.2) is 0 Å². The molecular weight excluding hydrogens is 466 g/mol. The van der Waals surface area contributed by atoms with Gasteiger partial charge in [0.05, 0.1) is 4.91 Å². The molecule has 1 aliphatic heterocycles. The second-order valence-corrected chi connectivity index (χ2v) is 10.3. The molecule has 3 aromatic carbocycles. The van der Waals surface area contributed by atoms with E-state index in [4.69, 9.17) is 16.3 Å². The highest BCUT2D eigenvalue weighted by Gasteiger charge is 2.36. The predicted molar refractivity (Wildman–Crippen MR) is 139 cm³/mol. The average Bonchev–Trinajstić information content (AvgIpc) is 3.12. The first-order valence-corrected chi connectivity index (χ1v) is 12.9. The molecular formula is C28H26ClNO3S. The topological polar surface area (TPSA) is 46.6 Å². The third kappa shape index (κ3) is 4.86. The lowest BCUT2D eigenvalue weighted by atomic mass is 9.89. The summed E-state index contributed by atoms with van der Waals surface area (Å²) in [5, 5.41) is 2.48. The molecule has 0 bridgehead atoms. The predicted octanol–water partition coefficient (Wildman–Crippen LogP) is 7.69. The van der Waals surface area contributed by atoms with Crippen LogP contribution in [0.5, 0.6) is 5.75 Å². The molecule has 0 atom stereocenters. The minimum Gasteiger partial charge on any atom is -0.488 e. The number of amides is 2. The molecule has 0 radical (unpaired) electrons. The van der Waals surface area contributed by atoms with Crippen LogP contribution in [0.25, 0.3) is 16.8 Å². The number of thioether (sulfide) groups is 1. The van der Waals surface area contributed by atoms with E-state index in [2.05, 4.69) is 0 Å². The monoisotopic (exact) mass is 491 g/mol. The number of nitrogens with zero attached hydrogens (tertiary/aromatic N) is 1. The first kappa shape index (κ1) is 23.0. The van der Waals surface area contributed by atoms with Gasteiger partial charge in [-0.1, -0.05) is 79.4 Å². The van der Waals surface area contributed by atoms with Gasteiger partial charge in [-0.05, 0) is 59.5 Å². The van der Waals surface area contributed by atoms with Crippen LogP contribution in [0.2, 0.25) is 5.02 Å². The number of carbonyl (C=O) groups is 2. The highest BCUT2D eigenvalue weighted by molar-refractivity contribution is 8.18. The molecule has 4 nitrogen and oxygen atoms in total. The summed E-state index contributed by atoms with van der Waals surface area (Å²) in [6, 6.07) is 19.5. The molecule has 1 saturated carbocycles. The second-order valence-electron chi connectivity index (χ2n) is 8.87. The van der Waals surface area contributed by atoms with Gasteiger partial charge in [0.15, 0.2) is 0 Å². The van der Waals surface area contributed by atoms with E-state index >= 15 is 0 Å². The van der Waals surface area contributed by atoms with Crippen molar-refractivity contribution in [1.29, 1.82) is 0 Å². The van der Waals surface area contributed by atoms with Crippen LogP contribution in [0.15, 0.2) is 65.6 Å². The van der Waals surface area contributed by atoms with Crippen LogP contribution in [-0.4, -0.2) is 22.6 Å². The number of fused-ring (bicyclic) bond motifs is 1. The molecule has 1 heterocycles. The van der Waals surface area contributed by atoms with E-state index in [-0.39, 0.29) is 11.1 Å². The Morgan fingerprint density at radius 2 is 1.74 bits per heavy atom. The van der Waals surface area contributed by atoms with Gasteiger partial charge in [-0.15, -0.1) is 0 Å². The summed E-state index contributed by atoms with van der Waals surface area (Å²) in [6.07, 6.45) is 7.60. The van der Waals surface area contributed by atoms with E-state index in [9.17, 15) is 9.59 Å². The maximum absolute atomic E-state index is 13.2. The Bertz CT molecular complexity index is 1270. The number of halogens is 1. The van der Waals surface area contributed by atoms with Gasteiger partial charge in [0.1, 0.15) is 12.4 Å². The van der Waals surface area contributed by atoms with Crippen LogP contribution >= 0.6 is 23.4 Å². The largest absolute Gasteiger partial charge is 0.488 e. The van der Waals surface area contributed by atoms with Crippen LogP contribution in [0.3, 0.4) is 0 Å². The minimum absolute atomic E-state index is 0.180. The minimum atomic E-state index is -0.203. The summed E-state index contributed by atoms with van der Waals surface area (Å²) < 4.78 is 6.18. The smallest absolute Gasteiger partial charge is 0.293 e. The standard InChI is InChI=1S/C28H26ClNO3S/c29-24-13-7-5-11-21(24)18-33-25-15-14-20-10-4-6-12-22(20)23(25)16-26-27(31)30(28(32)34-26)17-19-8-2-1-3-9-19/h4-7,10-16,19H,1-3,8-9,17-18H2/b26-16+. The van der Waals surface area contributed by atoms with Crippen LogP contribution in [-0.2, 0) is 11.4 Å². The van der Waals surface area contributed by atoms with Crippen molar-refractivity contribution in [2.24, 2.45) is 5.92 Å². The van der Waals surface area contributed by atoms with Gasteiger partial charge >= 0.3 is 0 Å². The van der Waals surface area contributed by atoms with Crippen molar-refractivity contribution >= 4 is 51.4 Å². The highest BCUT2D eigenvalue weighted by Crippen LogP contribution is 2.38. The van der Waals surface area contributed by atoms with Gasteiger partial charge in [0.25, 0.3) is 11.1 Å². The first-order chi connectivity index (χ1) is 16.6. The lowest BCUT2D eigenvalue weighted by molar-refractivity contribution is -0.123. The van der Waals surface area contributed by atoms with Gasteiger partial charge < -0.3 is 4.74 Å². The van der Waals surface area contributed by atoms with Crippen molar-refractivity contribution in [3.8, 4) is 5.75 Å². The Balaban J connectivity index is 1.46. The molecule has 5 rings (SSSR count). The Kier molecular flexibility index (Phi) is 6.93. The Morgan fingerprint density at radius 1 is 0.971 bits per heavy atom. The molecule has 2 amide bonds. The summed E-state index contributed by atoms with van der Waals surface area (Å²) in [5.41, 5.74) is 1.68. The zero-order chi connectivity index (χ0) is 23.5. The first-order valence-electron chi connectivity index (χ1n) is 11.7. The summed E-state index contributed by atoms with van der Waals surface area (Å²) >= 11 is 7.33. The summed E-state index contributed by atoms with van der Waals surface area (Å²) in [7, 11) is 0. The van der Waals surface area contributed by atoms with Crippen molar-refractivity contribution in [3.63, 3.8) is 0 Å². The fourth-order valence-corrected chi connectivity index (χ4v) is 5.76. The van der Waals surface area contributed by atoms with E-state index in [1.54, 1.807) is 0 Å². The summed E-state index contributed by atoms with van der Waals surface area (Å²) in [5.74, 6) is 0.858. The molecule has 0 unspecified atom stereocenters. The van der Waals surface area contributed by atoms with Crippen molar-refractivity contribution in [2.45, 2.75) is 38.7 Å². The summed E-state index contributed by atoms with van der Waals surface area (Å²) in [6.45, 7) is 0.829. The number of hydrogen-bond acceptors (Lipinski definition) is 4. The molecule has 34 heavy (non-hydrogen) atoms. The number of rotatable bonds is 6. The third-order valence-electron chi connectivity index (χ3n) is 6.59. The van der Waals surface area contributed by atoms with Crippen molar-refractivity contribution in [3.05, 3.63) is 81.7 Å². The molecule has 1 saturated heterocycles. The average molecular weight is 492 g/mol. The maximum Gasteiger partial charge on any atom is 0.293 e. The number of ether oxygens (including phenoxy) is 1. The molecule has 0 spiro atoms. The zero-order valence-corrected chi connectivity index (χ0v) is 20.4. The normalized spacial score (nSPS) is 18.3. The second kappa shape index (κ2) is 10.2. The number of benzene rings is 3. The van der Waals surface area contributed by atoms with Crippen molar-refractivity contribution in [1.82, 2.24) is 4.90 Å². The molecule has 2 fully saturated rings. The third-order valence-corrected chi connectivity index (χ3v) is 7.86. The number of hydrogen-bond donors (Lipinski definition) is 0. The van der Waals surface area contributed by atoms with Crippen LogP contribution in [0.1, 0.15) is 43.2 Å². The van der Waals surface area contributed by atoms with Crippen LogP contribution in [0, 0.1) is 5.92 Å². The van der Waals surface area contributed by atoms with Gasteiger partial charge in [-0.3, -0.25) is 14.5 Å². The fraction of sp³-hybridized carbons (Fsp3) is 0.286. The SMILES string of the molecule is O=C1S/C(=C/c2c(OCc3ccccc3Cl)ccc3ccccc23)C(=O)N1CC1CCCCC1. The fourth-order valence-electron chi connectivity index (χ4n) is 4.74. The van der Waals surface area contributed by atoms with Crippen molar-refractivity contribution in [2.75, 3.05) is 6.54 Å². The molecule has 3 aromatic rings. The zero-order valence-electron chi connectivity index (χ0n) is 18.8. The van der Waals surface area contributed by atoms with E-state index in [1.165, 1.54) is 24.2 Å². The van der Waals surface area contributed by atoms with Gasteiger partial charge in [0, 0.05) is 22.7 Å². The molecule has 0 aromatic heterocycles. The lowest BCUT2D eigenvalue weighted by Crippen LogP contribution is -2.34. The highest BCUT2D eigenvalue weighted by atomic mass is 35.5. The van der Waals surface area contributed by atoms with Crippen molar-refractivity contribution < 1.29 is 14.3 Å². The maximum atomic E-state index is 13.2. The van der Waals surface area contributed by atoms with E-state index in [1.807, 2.05) is 66.7 Å². The Hall–Kier alpha value is -2.76.